The lowest BCUT2D eigenvalue weighted by Gasteiger charge is -2.24. The molecule has 10 heteroatoms. The number of rotatable bonds is 10. The Morgan fingerprint density at radius 2 is 1.66 bits per heavy atom. The second-order valence-electron chi connectivity index (χ2n) is 7.24. The third-order valence-electron chi connectivity index (χ3n) is 4.63. The molecule has 0 saturated heterocycles. The molecule has 9 nitrogen and oxygen atoms in total. The van der Waals surface area contributed by atoms with Crippen LogP contribution < -0.4 is 13.7 Å². The average Bonchev–Trinajstić information content (AvgIpc) is 3.21. The Bertz CT molecular complexity index is 1170. The highest BCUT2D eigenvalue weighted by Crippen LogP contribution is 2.26. The number of carbonyl (C=O) groups is 1. The van der Waals surface area contributed by atoms with E-state index in [-0.39, 0.29) is 12.4 Å². The molecule has 3 rings (SSSR count). The smallest absolute Gasteiger partial charge is 0.347 e. The summed E-state index contributed by atoms with van der Waals surface area (Å²) < 4.78 is 43.7. The molecule has 3 aromatic rings. The minimum atomic E-state index is -3.59. The molecule has 0 aliphatic heterocycles. The minimum Gasteiger partial charge on any atom is -0.486 e. The summed E-state index contributed by atoms with van der Waals surface area (Å²) in [5, 5.41) is 13.3. The van der Waals surface area contributed by atoms with Crippen molar-refractivity contribution in [3.63, 3.8) is 0 Å². The summed E-state index contributed by atoms with van der Waals surface area (Å²) in [4.78, 5) is 11.4. The number of aromatic nitrogens is 1. The normalized spacial score (nSPS) is 13.2. The standard InChI is InChI=1S/C22H23NO8S/c1-4-22(2,21(24)25)29-17-11-9-16(10-12-17)28-14-19-13-20(23-30-19)15-5-7-18(8-6-15)31-32(3,26)27/h5-13H,4,14H2,1-3H3,(H,24,25)/t22-/m1/s1. The van der Waals surface area contributed by atoms with Gasteiger partial charge >= 0.3 is 16.1 Å². The van der Waals surface area contributed by atoms with Crippen molar-refractivity contribution < 1.29 is 36.5 Å². The van der Waals surface area contributed by atoms with E-state index in [1.54, 1.807) is 49.4 Å². The van der Waals surface area contributed by atoms with Gasteiger partial charge in [-0.3, -0.25) is 0 Å². The van der Waals surface area contributed by atoms with Crippen LogP contribution in [0.3, 0.4) is 0 Å². The Kier molecular flexibility index (Phi) is 6.73. The second-order valence-corrected chi connectivity index (χ2v) is 8.82. The lowest BCUT2D eigenvalue weighted by Crippen LogP contribution is -2.40. The Hall–Kier alpha value is -3.53. The topological polar surface area (TPSA) is 125 Å². The predicted octanol–water partition coefficient (Wildman–Crippen LogP) is 3.89. The highest BCUT2D eigenvalue weighted by atomic mass is 32.2. The van der Waals surface area contributed by atoms with E-state index < -0.39 is 21.7 Å². The summed E-state index contributed by atoms with van der Waals surface area (Å²) in [5.41, 5.74) is -0.0150. The Morgan fingerprint density at radius 3 is 2.22 bits per heavy atom. The summed E-state index contributed by atoms with van der Waals surface area (Å²) in [6.07, 6.45) is 1.30. The van der Waals surface area contributed by atoms with Crippen LogP contribution in [0.5, 0.6) is 17.2 Å². The fraction of sp³-hybridized carbons (Fsp3) is 0.273. The van der Waals surface area contributed by atoms with Crippen molar-refractivity contribution in [2.45, 2.75) is 32.5 Å². The molecule has 0 saturated carbocycles. The van der Waals surface area contributed by atoms with Crippen molar-refractivity contribution >= 4 is 16.1 Å². The number of nitrogens with zero attached hydrogens (tertiary/aromatic N) is 1. The fourth-order valence-corrected chi connectivity index (χ4v) is 3.12. The van der Waals surface area contributed by atoms with Gasteiger partial charge in [0.1, 0.15) is 29.5 Å². The Morgan fingerprint density at radius 1 is 1.06 bits per heavy atom. The number of carboxylic acid groups (broad SMARTS) is 1. The summed E-state index contributed by atoms with van der Waals surface area (Å²) in [5.74, 6) is 0.638. The van der Waals surface area contributed by atoms with E-state index in [1.807, 2.05) is 0 Å². The molecule has 0 aliphatic rings. The molecular weight excluding hydrogens is 438 g/mol. The van der Waals surface area contributed by atoms with Gasteiger partial charge in [-0.05, 0) is 61.9 Å². The molecule has 170 valence electrons. The minimum absolute atomic E-state index is 0.129. The third-order valence-corrected chi connectivity index (χ3v) is 5.13. The van der Waals surface area contributed by atoms with Gasteiger partial charge in [-0.25, -0.2) is 4.79 Å². The first-order valence-electron chi connectivity index (χ1n) is 9.69. The van der Waals surface area contributed by atoms with E-state index in [1.165, 1.54) is 19.1 Å². The second kappa shape index (κ2) is 9.31. The van der Waals surface area contributed by atoms with Crippen LogP contribution in [0.4, 0.5) is 0 Å². The van der Waals surface area contributed by atoms with E-state index in [0.29, 0.717) is 29.4 Å². The van der Waals surface area contributed by atoms with E-state index >= 15 is 0 Å². The molecule has 1 N–H and O–H groups in total. The Balaban J connectivity index is 1.59. The van der Waals surface area contributed by atoms with Crippen molar-refractivity contribution in [1.82, 2.24) is 5.16 Å². The monoisotopic (exact) mass is 461 g/mol. The van der Waals surface area contributed by atoms with Gasteiger partial charge in [0.15, 0.2) is 5.76 Å². The van der Waals surface area contributed by atoms with E-state index in [0.717, 1.165) is 11.8 Å². The van der Waals surface area contributed by atoms with Crippen molar-refractivity contribution in [3.05, 3.63) is 60.4 Å². The van der Waals surface area contributed by atoms with Gasteiger partial charge in [-0.15, -0.1) is 0 Å². The summed E-state index contributed by atoms with van der Waals surface area (Å²) in [6.45, 7) is 3.40. The van der Waals surface area contributed by atoms with Crippen LogP contribution >= 0.6 is 0 Å². The number of hydrogen-bond donors (Lipinski definition) is 1. The van der Waals surface area contributed by atoms with Crippen LogP contribution in [0.15, 0.2) is 59.1 Å². The summed E-state index contributed by atoms with van der Waals surface area (Å²) in [6, 6.07) is 14.7. The number of benzene rings is 2. The van der Waals surface area contributed by atoms with E-state index in [2.05, 4.69) is 5.16 Å². The zero-order valence-electron chi connectivity index (χ0n) is 17.8. The highest BCUT2D eigenvalue weighted by Gasteiger charge is 2.33. The lowest BCUT2D eigenvalue weighted by molar-refractivity contribution is -0.154. The SMILES string of the molecule is CC[C@@](C)(Oc1ccc(OCc2cc(-c3ccc(OS(C)(=O)=O)cc3)no2)cc1)C(=O)O. The molecule has 2 aromatic carbocycles. The van der Waals surface area contributed by atoms with Gasteiger partial charge in [0.05, 0.1) is 6.26 Å². The molecule has 0 spiro atoms. The maximum Gasteiger partial charge on any atom is 0.347 e. The zero-order valence-corrected chi connectivity index (χ0v) is 18.6. The summed E-state index contributed by atoms with van der Waals surface area (Å²) in [7, 11) is -3.59. The molecule has 32 heavy (non-hydrogen) atoms. The van der Waals surface area contributed by atoms with Crippen LogP contribution in [0, 0.1) is 0 Å². The molecule has 0 amide bonds. The van der Waals surface area contributed by atoms with Gasteiger partial charge in [0.25, 0.3) is 0 Å². The maximum atomic E-state index is 11.4. The molecule has 0 unspecified atom stereocenters. The zero-order chi connectivity index (χ0) is 23.4. The van der Waals surface area contributed by atoms with Gasteiger partial charge in [0, 0.05) is 11.6 Å². The molecule has 1 aromatic heterocycles. The van der Waals surface area contributed by atoms with Crippen molar-refractivity contribution in [1.29, 1.82) is 0 Å². The van der Waals surface area contributed by atoms with Crippen LogP contribution in [-0.4, -0.2) is 36.5 Å². The molecule has 0 fully saturated rings. The highest BCUT2D eigenvalue weighted by molar-refractivity contribution is 7.86. The van der Waals surface area contributed by atoms with Crippen molar-refractivity contribution in [2.75, 3.05) is 6.26 Å². The number of hydrogen-bond acceptors (Lipinski definition) is 8. The van der Waals surface area contributed by atoms with Gasteiger partial charge in [0.2, 0.25) is 5.60 Å². The molecular formula is C22H23NO8S. The molecule has 1 heterocycles. The van der Waals surface area contributed by atoms with E-state index in [4.69, 9.17) is 18.2 Å². The van der Waals surface area contributed by atoms with Gasteiger partial charge < -0.3 is 23.3 Å². The van der Waals surface area contributed by atoms with Crippen LogP contribution in [0.1, 0.15) is 26.0 Å². The molecule has 1 atom stereocenters. The first-order valence-corrected chi connectivity index (χ1v) is 11.5. The Labute approximate surface area is 185 Å². The fourth-order valence-electron chi connectivity index (χ4n) is 2.66. The summed E-state index contributed by atoms with van der Waals surface area (Å²) >= 11 is 0. The van der Waals surface area contributed by atoms with Crippen LogP contribution in [0.25, 0.3) is 11.3 Å². The largest absolute Gasteiger partial charge is 0.486 e. The maximum absolute atomic E-state index is 11.4. The van der Waals surface area contributed by atoms with E-state index in [9.17, 15) is 18.3 Å². The lowest BCUT2D eigenvalue weighted by atomic mass is 10.0. The average molecular weight is 461 g/mol. The first-order chi connectivity index (χ1) is 15.1. The molecule has 0 bridgehead atoms. The van der Waals surface area contributed by atoms with Gasteiger partial charge in [-0.1, -0.05) is 12.1 Å². The predicted molar refractivity (Wildman–Crippen MR) is 115 cm³/mol. The quantitative estimate of drug-likeness (QED) is 0.448. The number of carboxylic acids is 1. The van der Waals surface area contributed by atoms with Gasteiger partial charge in [-0.2, -0.15) is 8.42 Å². The third kappa shape index (κ3) is 6.01. The van der Waals surface area contributed by atoms with Crippen molar-refractivity contribution in [2.24, 2.45) is 0 Å². The number of ether oxygens (including phenoxy) is 2. The molecule has 0 aliphatic carbocycles. The molecule has 0 radical (unpaired) electrons. The van der Waals surface area contributed by atoms with Crippen molar-refractivity contribution in [3.8, 4) is 28.5 Å². The van der Waals surface area contributed by atoms with Crippen LogP contribution in [0.2, 0.25) is 0 Å². The van der Waals surface area contributed by atoms with Crippen LogP contribution in [-0.2, 0) is 21.5 Å². The first kappa shape index (κ1) is 23.1. The number of aliphatic carboxylic acids is 1.